The number of carbonyl (C=O) groups excluding carboxylic acids is 3. The second-order valence-electron chi connectivity index (χ2n) is 5.40. The molecule has 1 fully saturated rings. The van der Waals surface area contributed by atoms with Gasteiger partial charge < -0.3 is 9.47 Å². The number of Topliss-reactive ketones (excluding diaryl/α,β-unsaturated/α-hetero) is 1. The highest BCUT2D eigenvalue weighted by atomic mass is 16.6. The smallest absolute Gasteiger partial charge is 0.335 e. The van der Waals surface area contributed by atoms with Crippen molar-refractivity contribution in [2.24, 2.45) is 5.92 Å². The zero-order chi connectivity index (χ0) is 14.3. The fraction of sp³-hybridized carbons (Fsp3) is 0.533. The van der Waals surface area contributed by atoms with E-state index in [2.05, 4.69) is 4.74 Å². The number of hydrogen-bond donors (Lipinski definition) is 0. The third-order valence-corrected chi connectivity index (χ3v) is 4.31. The largest absolute Gasteiger partial charge is 0.467 e. The fourth-order valence-electron chi connectivity index (χ4n) is 2.86. The quantitative estimate of drug-likeness (QED) is 0.558. The Bertz CT molecular complexity index is 551. The van der Waals surface area contributed by atoms with E-state index >= 15 is 0 Å². The van der Waals surface area contributed by atoms with Gasteiger partial charge in [0, 0.05) is 23.1 Å². The van der Waals surface area contributed by atoms with Crippen LogP contribution in [0.15, 0.2) is 22.8 Å². The summed E-state index contributed by atoms with van der Waals surface area (Å²) in [5.74, 6) is -0.518. The second-order valence-corrected chi connectivity index (χ2v) is 5.40. The van der Waals surface area contributed by atoms with Crippen molar-refractivity contribution < 1.29 is 23.9 Å². The molecule has 0 aromatic heterocycles. The zero-order valence-corrected chi connectivity index (χ0v) is 11.3. The first-order chi connectivity index (χ1) is 9.61. The maximum absolute atomic E-state index is 12.4. The van der Waals surface area contributed by atoms with Gasteiger partial charge in [0.15, 0.2) is 17.7 Å². The van der Waals surface area contributed by atoms with Crippen molar-refractivity contribution in [3.63, 3.8) is 0 Å². The van der Waals surface area contributed by atoms with Crippen LogP contribution in [0.3, 0.4) is 0 Å². The lowest BCUT2D eigenvalue weighted by Crippen LogP contribution is -2.37. The average Bonchev–Trinajstić information content (AvgIpc) is 2.41. The Kier molecular flexibility index (Phi) is 3.30. The first-order valence-corrected chi connectivity index (χ1v) is 6.84. The summed E-state index contributed by atoms with van der Waals surface area (Å²) >= 11 is 0. The molecular weight excluding hydrogens is 260 g/mol. The maximum atomic E-state index is 12.4. The van der Waals surface area contributed by atoms with E-state index in [0.29, 0.717) is 16.7 Å². The van der Waals surface area contributed by atoms with Gasteiger partial charge in [-0.1, -0.05) is 6.42 Å². The zero-order valence-electron chi connectivity index (χ0n) is 11.3. The number of esters is 1. The molecule has 0 amide bonds. The van der Waals surface area contributed by atoms with E-state index in [1.807, 2.05) is 0 Å². The van der Waals surface area contributed by atoms with Gasteiger partial charge in [-0.05, 0) is 24.8 Å². The lowest BCUT2D eigenvalue weighted by atomic mass is 9.73. The number of carbonyl (C=O) groups is 3. The van der Waals surface area contributed by atoms with Crippen molar-refractivity contribution in [2.45, 2.75) is 31.8 Å². The Morgan fingerprint density at radius 1 is 1.30 bits per heavy atom. The molecule has 0 N–H and O–H groups in total. The van der Waals surface area contributed by atoms with Gasteiger partial charge in [-0.3, -0.25) is 9.59 Å². The molecule has 0 radical (unpaired) electrons. The van der Waals surface area contributed by atoms with Crippen molar-refractivity contribution in [3.8, 4) is 0 Å². The highest BCUT2D eigenvalue weighted by Gasteiger charge is 2.39. The van der Waals surface area contributed by atoms with Gasteiger partial charge in [-0.15, -0.1) is 0 Å². The monoisotopic (exact) mass is 276 g/mol. The molecular formula is C15H16O5. The molecule has 0 spiro atoms. The molecule has 0 aromatic carbocycles. The molecule has 1 unspecified atom stereocenters. The summed E-state index contributed by atoms with van der Waals surface area (Å²) in [6.07, 6.45) is 3.86. The minimum Gasteiger partial charge on any atom is -0.467 e. The molecule has 1 heterocycles. The summed E-state index contributed by atoms with van der Waals surface area (Å²) in [6.45, 7) is 0.0176. The summed E-state index contributed by atoms with van der Waals surface area (Å²) < 4.78 is 9.99. The van der Waals surface area contributed by atoms with Crippen LogP contribution in [0.4, 0.5) is 0 Å². The van der Waals surface area contributed by atoms with E-state index in [9.17, 15) is 14.4 Å². The Morgan fingerprint density at radius 3 is 2.65 bits per heavy atom. The molecule has 0 bridgehead atoms. The molecule has 0 aromatic rings. The van der Waals surface area contributed by atoms with Crippen molar-refractivity contribution in [2.75, 3.05) is 13.7 Å². The third kappa shape index (κ3) is 2.02. The van der Waals surface area contributed by atoms with Gasteiger partial charge in [0.2, 0.25) is 0 Å². The predicted molar refractivity (Wildman–Crippen MR) is 68.8 cm³/mol. The molecule has 2 aliphatic carbocycles. The predicted octanol–water partition coefficient (Wildman–Crippen LogP) is 1.12. The number of allylic oxidation sites excluding steroid dienone is 2. The van der Waals surface area contributed by atoms with Gasteiger partial charge in [0.05, 0.1) is 13.7 Å². The van der Waals surface area contributed by atoms with Gasteiger partial charge in [-0.25, -0.2) is 4.79 Å². The lowest BCUT2D eigenvalue weighted by Gasteiger charge is -2.32. The van der Waals surface area contributed by atoms with Crippen molar-refractivity contribution in [1.82, 2.24) is 0 Å². The van der Waals surface area contributed by atoms with Gasteiger partial charge >= 0.3 is 5.97 Å². The van der Waals surface area contributed by atoms with Crippen LogP contribution in [-0.4, -0.2) is 37.4 Å². The highest BCUT2D eigenvalue weighted by Crippen LogP contribution is 2.38. The minimum atomic E-state index is -0.783. The molecule has 1 aliphatic heterocycles. The summed E-state index contributed by atoms with van der Waals surface area (Å²) in [5.41, 5.74) is 1.47. The average molecular weight is 276 g/mol. The molecule has 5 nitrogen and oxygen atoms in total. The summed E-state index contributed by atoms with van der Waals surface area (Å²) in [7, 11) is 1.28. The standard InChI is InChI=1S/C15H16O5/c1-19-15(18)13-6-10-11(7-20-13)14(17)9(5-12(10)16)8-3-2-4-8/h5,8,13H,2-4,6-7H2,1H3. The lowest BCUT2D eigenvalue weighted by molar-refractivity contribution is -0.154. The third-order valence-electron chi connectivity index (χ3n) is 4.31. The molecule has 3 aliphatic rings. The first kappa shape index (κ1) is 13.2. The summed E-state index contributed by atoms with van der Waals surface area (Å²) in [6, 6.07) is 0. The van der Waals surface area contributed by atoms with E-state index in [1.54, 1.807) is 0 Å². The topological polar surface area (TPSA) is 69.7 Å². The minimum absolute atomic E-state index is 0.0176. The summed E-state index contributed by atoms with van der Waals surface area (Å²) in [4.78, 5) is 36.1. The Morgan fingerprint density at radius 2 is 2.05 bits per heavy atom. The number of hydrogen-bond acceptors (Lipinski definition) is 5. The SMILES string of the molecule is COC(=O)C1CC2=C(CO1)C(=O)C(C1CCC1)=CC2=O. The Labute approximate surface area is 116 Å². The maximum Gasteiger partial charge on any atom is 0.335 e. The molecule has 1 atom stereocenters. The molecule has 1 saturated carbocycles. The fourth-order valence-corrected chi connectivity index (χ4v) is 2.86. The van der Waals surface area contributed by atoms with E-state index in [1.165, 1.54) is 13.2 Å². The Balaban J connectivity index is 1.85. The van der Waals surface area contributed by atoms with Crippen LogP contribution in [0.2, 0.25) is 0 Å². The molecule has 20 heavy (non-hydrogen) atoms. The van der Waals surface area contributed by atoms with Crippen molar-refractivity contribution in [3.05, 3.63) is 22.8 Å². The van der Waals surface area contributed by atoms with Crippen molar-refractivity contribution >= 4 is 17.5 Å². The number of methoxy groups -OCH3 is 1. The van der Waals surface area contributed by atoms with Crippen LogP contribution in [0, 0.1) is 5.92 Å². The molecule has 106 valence electrons. The summed E-state index contributed by atoms with van der Waals surface area (Å²) in [5, 5.41) is 0. The van der Waals surface area contributed by atoms with E-state index in [4.69, 9.17) is 4.74 Å². The number of ketones is 2. The van der Waals surface area contributed by atoms with Crippen molar-refractivity contribution in [1.29, 1.82) is 0 Å². The number of rotatable bonds is 2. The van der Waals surface area contributed by atoms with E-state index in [-0.39, 0.29) is 30.5 Å². The van der Waals surface area contributed by atoms with E-state index in [0.717, 1.165) is 19.3 Å². The van der Waals surface area contributed by atoms with Crippen LogP contribution in [0.5, 0.6) is 0 Å². The second kappa shape index (κ2) is 4.98. The van der Waals surface area contributed by atoms with Crippen LogP contribution >= 0.6 is 0 Å². The van der Waals surface area contributed by atoms with Crippen LogP contribution < -0.4 is 0 Å². The van der Waals surface area contributed by atoms with Crippen LogP contribution in [-0.2, 0) is 23.9 Å². The van der Waals surface area contributed by atoms with E-state index < -0.39 is 12.1 Å². The highest BCUT2D eigenvalue weighted by molar-refractivity contribution is 6.23. The molecule has 0 saturated heterocycles. The molecule has 3 rings (SSSR count). The molecule has 5 heteroatoms. The van der Waals surface area contributed by atoms with Crippen LogP contribution in [0.1, 0.15) is 25.7 Å². The van der Waals surface area contributed by atoms with Gasteiger partial charge in [0.1, 0.15) is 0 Å². The Hall–Kier alpha value is -1.75. The van der Waals surface area contributed by atoms with Crippen LogP contribution in [0.25, 0.3) is 0 Å². The first-order valence-electron chi connectivity index (χ1n) is 6.84. The van der Waals surface area contributed by atoms with Gasteiger partial charge in [0.25, 0.3) is 0 Å². The number of ether oxygens (including phenoxy) is 2. The normalized spacial score (nSPS) is 26.9. The van der Waals surface area contributed by atoms with Gasteiger partial charge in [-0.2, -0.15) is 0 Å².